The number of hydrogen-bond donors (Lipinski definition) is 0. The molecule has 2 bridgehead atoms. The Morgan fingerprint density at radius 1 is 1.33 bits per heavy atom. The molecule has 4 nitrogen and oxygen atoms in total. The lowest BCUT2D eigenvalue weighted by atomic mass is 9.55. The summed E-state index contributed by atoms with van der Waals surface area (Å²) in [7, 11) is 0. The van der Waals surface area contributed by atoms with Gasteiger partial charge in [0.05, 0.1) is 19.3 Å². The maximum absolute atomic E-state index is 12.8. The van der Waals surface area contributed by atoms with Crippen LogP contribution in [0, 0.1) is 10.8 Å². The first-order valence-corrected chi connectivity index (χ1v) is 8.33. The number of ether oxygens (including phenoxy) is 2. The van der Waals surface area contributed by atoms with Crippen LogP contribution < -0.4 is 0 Å². The van der Waals surface area contributed by atoms with Crippen molar-refractivity contribution in [3.8, 4) is 0 Å². The van der Waals surface area contributed by atoms with Gasteiger partial charge in [-0.25, -0.2) is 0 Å². The molecule has 3 rings (SSSR count). The van der Waals surface area contributed by atoms with Crippen molar-refractivity contribution in [2.75, 3.05) is 32.8 Å². The molecule has 3 atom stereocenters. The number of piperidine rings is 1. The molecule has 0 amide bonds. The molecule has 0 aromatic heterocycles. The van der Waals surface area contributed by atoms with E-state index >= 15 is 0 Å². The van der Waals surface area contributed by atoms with Gasteiger partial charge in [-0.1, -0.05) is 25.5 Å². The zero-order chi connectivity index (χ0) is 14.9. The minimum Gasteiger partial charge on any atom is -0.465 e. The van der Waals surface area contributed by atoms with E-state index in [1.165, 1.54) is 0 Å². The lowest BCUT2D eigenvalue weighted by Gasteiger charge is -2.58. The van der Waals surface area contributed by atoms with Gasteiger partial charge in [-0.3, -0.25) is 4.79 Å². The van der Waals surface area contributed by atoms with Crippen molar-refractivity contribution in [1.82, 2.24) is 4.90 Å². The molecule has 4 heteroatoms. The van der Waals surface area contributed by atoms with Crippen LogP contribution in [0.5, 0.6) is 0 Å². The molecular formula is C17H27NO3. The Morgan fingerprint density at radius 2 is 2.19 bits per heavy atom. The monoisotopic (exact) mass is 293 g/mol. The summed E-state index contributed by atoms with van der Waals surface area (Å²) in [4.78, 5) is 15.2. The Labute approximate surface area is 127 Å². The van der Waals surface area contributed by atoms with E-state index in [1.54, 1.807) is 0 Å². The van der Waals surface area contributed by atoms with Crippen molar-refractivity contribution >= 4 is 5.97 Å². The number of nitrogens with zero attached hydrogens (tertiary/aromatic N) is 1. The summed E-state index contributed by atoms with van der Waals surface area (Å²) < 4.78 is 11.7. The lowest BCUT2D eigenvalue weighted by Crippen LogP contribution is -2.67. The highest BCUT2D eigenvalue weighted by Gasteiger charge is 2.62. The molecule has 0 aromatic rings. The minimum absolute atomic E-state index is 0.00981. The fraction of sp³-hybridized carbons (Fsp3) is 0.824. The van der Waals surface area contributed by atoms with E-state index in [0.717, 1.165) is 45.3 Å². The standard InChI is InChI=1S/C17H27NO3/c1-3-18-12-16-8-5-6-11-21-14(16)17(13-18,10-7-9-16)15(19)20-4-2/h5-6,14H,3-4,7-13H2,1-2H3/t14-,16-,17-/m1/s1. The van der Waals surface area contributed by atoms with Gasteiger partial charge in [-0.15, -0.1) is 0 Å². The Kier molecular flexibility index (Phi) is 4.10. The molecular weight excluding hydrogens is 266 g/mol. The van der Waals surface area contributed by atoms with Crippen LogP contribution in [0.2, 0.25) is 0 Å². The van der Waals surface area contributed by atoms with Gasteiger partial charge < -0.3 is 14.4 Å². The van der Waals surface area contributed by atoms with Gasteiger partial charge in [0.25, 0.3) is 0 Å². The van der Waals surface area contributed by atoms with E-state index in [2.05, 4.69) is 24.0 Å². The number of allylic oxidation sites excluding steroid dienone is 1. The molecule has 21 heavy (non-hydrogen) atoms. The van der Waals surface area contributed by atoms with Gasteiger partial charge in [0.15, 0.2) is 0 Å². The molecule has 1 saturated carbocycles. The van der Waals surface area contributed by atoms with E-state index in [9.17, 15) is 4.79 Å². The molecule has 2 fully saturated rings. The van der Waals surface area contributed by atoms with Crippen molar-refractivity contribution < 1.29 is 14.3 Å². The van der Waals surface area contributed by atoms with Crippen LogP contribution in [0.4, 0.5) is 0 Å². The second-order valence-electron chi connectivity index (χ2n) is 6.78. The lowest BCUT2D eigenvalue weighted by molar-refractivity contribution is -0.208. The molecule has 3 aliphatic rings. The SMILES string of the molecule is CCOC(=O)[C@@]12CCC[C@]3(CC=CCO[C@H]31)CN(CC)C2. The zero-order valence-corrected chi connectivity index (χ0v) is 13.3. The van der Waals surface area contributed by atoms with E-state index in [1.807, 2.05) is 6.92 Å². The fourth-order valence-corrected chi connectivity index (χ4v) is 4.75. The molecule has 1 saturated heterocycles. The number of hydrogen-bond acceptors (Lipinski definition) is 4. The molecule has 2 aliphatic heterocycles. The summed E-state index contributed by atoms with van der Waals surface area (Å²) in [5, 5.41) is 0. The van der Waals surface area contributed by atoms with Gasteiger partial charge in [0, 0.05) is 18.5 Å². The average Bonchev–Trinajstić information content (AvgIpc) is 2.69. The van der Waals surface area contributed by atoms with Gasteiger partial charge in [0.1, 0.15) is 5.41 Å². The summed E-state index contributed by atoms with van der Waals surface area (Å²) in [5.41, 5.74) is -0.374. The number of rotatable bonds is 3. The minimum atomic E-state index is -0.464. The summed E-state index contributed by atoms with van der Waals surface area (Å²) in [6.45, 7) is 7.96. The largest absolute Gasteiger partial charge is 0.465 e. The first-order chi connectivity index (χ1) is 10.2. The molecule has 0 radical (unpaired) electrons. The van der Waals surface area contributed by atoms with Crippen LogP contribution in [0.1, 0.15) is 39.5 Å². The van der Waals surface area contributed by atoms with Crippen LogP contribution in [0.3, 0.4) is 0 Å². The molecule has 0 spiro atoms. The zero-order valence-electron chi connectivity index (χ0n) is 13.3. The third-order valence-corrected chi connectivity index (χ3v) is 5.58. The van der Waals surface area contributed by atoms with Crippen LogP contribution in [0.25, 0.3) is 0 Å². The second kappa shape index (κ2) is 5.73. The molecule has 0 N–H and O–H groups in total. The summed E-state index contributed by atoms with van der Waals surface area (Å²) in [6.07, 6.45) is 8.54. The van der Waals surface area contributed by atoms with Gasteiger partial charge in [0.2, 0.25) is 0 Å². The van der Waals surface area contributed by atoms with E-state index in [0.29, 0.717) is 13.2 Å². The maximum atomic E-state index is 12.8. The number of carbonyl (C=O) groups excluding carboxylic acids is 1. The summed E-state index contributed by atoms with van der Waals surface area (Å²) in [6, 6.07) is 0. The summed E-state index contributed by atoms with van der Waals surface area (Å²) >= 11 is 0. The predicted octanol–water partition coefficient (Wildman–Crippen LogP) is 2.39. The van der Waals surface area contributed by atoms with Gasteiger partial charge in [-0.05, 0) is 32.7 Å². The van der Waals surface area contributed by atoms with E-state index in [4.69, 9.17) is 9.47 Å². The third kappa shape index (κ3) is 2.33. The van der Waals surface area contributed by atoms with Crippen molar-refractivity contribution in [2.45, 2.75) is 45.6 Å². The van der Waals surface area contributed by atoms with Gasteiger partial charge in [-0.2, -0.15) is 0 Å². The number of carbonyl (C=O) groups is 1. The molecule has 0 unspecified atom stereocenters. The first-order valence-electron chi connectivity index (χ1n) is 8.33. The van der Waals surface area contributed by atoms with Crippen molar-refractivity contribution in [1.29, 1.82) is 0 Å². The average molecular weight is 293 g/mol. The maximum Gasteiger partial charge on any atom is 0.316 e. The van der Waals surface area contributed by atoms with Gasteiger partial charge >= 0.3 is 5.97 Å². The molecule has 1 aliphatic carbocycles. The smallest absolute Gasteiger partial charge is 0.316 e. The van der Waals surface area contributed by atoms with E-state index in [-0.39, 0.29) is 17.5 Å². The van der Waals surface area contributed by atoms with Crippen molar-refractivity contribution in [3.63, 3.8) is 0 Å². The molecule has 2 heterocycles. The predicted molar refractivity (Wildman–Crippen MR) is 81.0 cm³/mol. The summed E-state index contributed by atoms with van der Waals surface area (Å²) in [5.74, 6) is -0.0425. The normalized spacial score (nSPS) is 39.4. The van der Waals surface area contributed by atoms with E-state index < -0.39 is 5.41 Å². The fourth-order valence-electron chi connectivity index (χ4n) is 4.75. The van der Waals surface area contributed by atoms with Crippen molar-refractivity contribution in [3.05, 3.63) is 12.2 Å². The quantitative estimate of drug-likeness (QED) is 0.591. The molecule has 118 valence electrons. The Morgan fingerprint density at radius 3 is 2.95 bits per heavy atom. The van der Waals surface area contributed by atoms with Crippen LogP contribution in [-0.2, 0) is 14.3 Å². The highest BCUT2D eigenvalue weighted by Crippen LogP contribution is 2.55. The van der Waals surface area contributed by atoms with Crippen molar-refractivity contribution in [2.24, 2.45) is 10.8 Å². The number of likely N-dealkylation sites (tertiary alicyclic amines) is 1. The first kappa shape index (κ1) is 15.0. The highest BCUT2D eigenvalue weighted by atomic mass is 16.5. The highest BCUT2D eigenvalue weighted by molar-refractivity contribution is 5.78. The third-order valence-electron chi connectivity index (χ3n) is 5.58. The van der Waals surface area contributed by atoms with Crippen LogP contribution in [0.15, 0.2) is 12.2 Å². The molecule has 0 aromatic carbocycles. The van der Waals surface area contributed by atoms with Crippen LogP contribution in [-0.4, -0.2) is 49.8 Å². The van der Waals surface area contributed by atoms with Crippen LogP contribution >= 0.6 is 0 Å². The number of esters is 1. The Bertz CT molecular complexity index is 436. The Balaban J connectivity index is 2.00. The topological polar surface area (TPSA) is 38.8 Å². The second-order valence-corrected chi connectivity index (χ2v) is 6.78. The Hall–Kier alpha value is -0.870.